The lowest BCUT2D eigenvalue weighted by atomic mass is 9.85. The van der Waals surface area contributed by atoms with Crippen LogP contribution >= 0.6 is 11.3 Å². The Morgan fingerprint density at radius 2 is 1.86 bits per heavy atom. The molecule has 146 valence electrons. The number of hydrogen-bond acceptors (Lipinski definition) is 8. The molecule has 0 bridgehead atoms. The summed E-state index contributed by atoms with van der Waals surface area (Å²) >= 11 is 1.09. The van der Waals surface area contributed by atoms with E-state index in [2.05, 4.69) is 14.9 Å². The van der Waals surface area contributed by atoms with Gasteiger partial charge in [-0.1, -0.05) is 6.42 Å². The minimum Gasteiger partial charge on any atom is -0.486 e. The molecular formula is C18H17N3O5S2. The summed E-state index contributed by atoms with van der Waals surface area (Å²) < 4.78 is 44.9. The number of sulfonamides is 1. The van der Waals surface area contributed by atoms with Crippen molar-refractivity contribution in [3.63, 3.8) is 0 Å². The Morgan fingerprint density at radius 1 is 1.04 bits per heavy atom. The van der Waals surface area contributed by atoms with E-state index in [9.17, 15) is 8.42 Å². The summed E-state index contributed by atoms with van der Waals surface area (Å²) in [5.41, 5.74) is 0.407. The molecule has 0 spiro atoms. The van der Waals surface area contributed by atoms with Crippen LogP contribution in [0.4, 0.5) is 5.69 Å². The predicted octanol–water partition coefficient (Wildman–Crippen LogP) is 3.64. The molecule has 10 heteroatoms. The van der Waals surface area contributed by atoms with Crippen molar-refractivity contribution < 1.29 is 22.3 Å². The molecule has 1 fully saturated rings. The fourth-order valence-corrected chi connectivity index (χ4v) is 5.32. The summed E-state index contributed by atoms with van der Waals surface area (Å²) in [7, 11) is -3.75. The number of aromatic nitrogens is 2. The van der Waals surface area contributed by atoms with Gasteiger partial charge in [0, 0.05) is 12.0 Å². The summed E-state index contributed by atoms with van der Waals surface area (Å²) in [5, 5.41) is 8.16. The Kier molecular flexibility index (Phi) is 4.24. The van der Waals surface area contributed by atoms with Crippen LogP contribution in [0.1, 0.15) is 31.1 Å². The highest BCUT2D eigenvalue weighted by atomic mass is 32.2. The first-order chi connectivity index (χ1) is 13.6. The summed E-state index contributed by atoms with van der Waals surface area (Å²) in [4.78, 5) is 0.626. The van der Waals surface area contributed by atoms with E-state index in [0.717, 1.165) is 24.2 Å². The van der Waals surface area contributed by atoms with Crippen molar-refractivity contribution in [2.24, 2.45) is 0 Å². The van der Waals surface area contributed by atoms with Crippen LogP contribution in [0.25, 0.3) is 10.8 Å². The maximum Gasteiger partial charge on any atom is 0.271 e. The third kappa shape index (κ3) is 3.22. The monoisotopic (exact) mass is 419 g/mol. The van der Waals surface area contributed by atoms with E-state index in [1.54, 1.807) is 24.3 Å². The molecule has 1 saturated carbocycles. The second-order valence-corrected chi connectivity index (χ2v) is 9.65. The molecule has 0 saturated heterocycles. The highest BCUT2D eigenvalue weighted by Gasteiger charge is 2.26. The van der Waals surface area contributed by atoms with Crippen LogP contribution in [0.3, 0.4) is 0 Å². The average Bonchev–Trinajstić information content (AvgIpc) is 3.29. The van der Waals surface area contributed by atoms with Gasteiger partial charge in [-0.05, 0) is 37.1 Å². The van der Waals surface area contributed by atoms with Gasteiger partial charge in [-0.3, -0.25) is 4.72 Å². The topological polar surface area (TPSA) is 104 Å². The SMILES string of the molecule is O=S(=O)(Nc1ccc2c(c1)OCCO2)c1ccc(-c2nnc(C3CCC3)o2)s1. The third-order valence-corrected chi connectivity index (χ3v) is 7.69. The third-order valence-electron chi connectivity index (χ3n) is 4.75. The van der Waals surface area contributed by atoms with Gasteiger partial charge in [0.1, 0.15) is 17.4 Å². The molecule has 1 N–H and O–H groups in total. The number of benzene rings is 1. The first-order valence-electron chi connectivity index (χ1n) is 8.94. The van der Waals surface area contributed by atoms with Crippen LogP contribution in [-0.4, -0.2) is 31.8 Å². The molecule has 3 heterocycles. The molecule has 1 aliphatic heterocycles. The largest absolute Gasteiger partial charge is 0.486 e. The van der Waals surface area contributed by atoms with Crippen molar-refractivity contribution in [2.75, 3.05) is 17.9 Å². The van der Waals surface area contributed by atoms with Crippen molar-refractivity contribution >= 4 is 27.0 Å². The van der Waals surface area contributed by atoms with E-state index in [4.69, 9.17) is 13.9 Å². The molecule has 0 atom stereocenters. The fourth-order valence-electron chi connectivity index (χ4n) is 3.05. The Morgan fingerprint density at radius 3 is 2.64 bits per heavy atom. The normalized spacial score (nSPS) is 16.6. The minimum atomic E-state index is -3.75. The molecule has 2 aromatic heterocycles. The van der Waals surface area contributed by atoms with Crippen LogP contribution in [-0.2, 0) is 10.0 Å². The molecule has 28 heavy (non-hydrogen) atoms. The van der Waals surface area contributed by atoms with Crippen molar-refractivity contribution in [3.8, 4) is 22.3 Å². The van der Waals surface area contributed by atoms with Gasteiger partial charge in [0.05, 0.1) is 10.6 Å². The molecule has 1 aliphatic carbocycles. The highest BCUT2D eigenvalue weighted by molar-refractivity contribution is 7.94. The first kappa shape index (κ1) is 17.5. The zero-order chi connectivity index (χ0) is 19.1. The number of nitrogens with zero attached hydrogens (tertiary/aromatic N) is 2. The summed E-state index contributed by atoms with van der Waals surface area (Å²) in [6.45, 7) is 0.915. The van der Waals surface area contributed by atoms with Crippen molar-refractivity contribution in [1.82, 2.24) is 10.2 Å². The van der Waals surface area contributed by atoms with E-state index < -0.39 is 10.0 Å². The van der Waals surface area contributed by atoms with Crippen molar-refractivity contribution in [3.05, 3.63) is 36.2 Å². The van der Waals surface area contributed by atoms with Crippen LogP contribution in [0.5, 0.6) is 11.5 Å². The lowest BCUT2D eigenvalue weighted by molar-refractivity contribution is 0.171. The fraction of sp³-hybridized carbons (Fsp3) is 0.333. The van der Waals surface area contributed by atoms with Gasteiger partial charge in [0.2, 0.25) is 5.89 Å². The van der Waals surface area contributed by atoms with Crippen molar-refractivity contribution in [2.45, 2.75) is 29.4 Å². The second kappa shape index (κ2) is 6.78. The average molecular weight is 419 g/mol. The number of thiophene rings is 1. The van der Waals surface area contributed by atoms with E-state index >= 15 is 0 Å². The van der Waals surface area contributed by atoms with Crippen molar-refractivity contribution in [1.29, 1.82) is 0 Å². The number of anilines is 1. The zero-order valence-electron chi connectivity index (χ0n) is 14.8. The Labute approximate surface area is 165 Å². The van der Waals surface area contributed by atoms with E-state index in [1.165, 1.54) is 12.5 Å². The van der Waals surface area contributed by atoms with Crippen LogP contribution in [0.2, 0.25) is 0 Å². The summed E-state index contributed by atoms with van der Waals surface area (Å²) in [6.07, 6.45) is 3.30. The van der Waals surface area contributed by atoms with Gasteiger partial charge in [-0.2, -0.15) is 0 Å². The highest BCUT2D eigenvalue weighted by Crippen LogP contribution is 2.38. The molecular weight excluding hydrogens is 402 g/mol. The number of ether oxygens (including phenoxy) is 2. The minimum absolute atomic E-state index is 0.167. The Hall–Kier alpha value is -2.59. The number of hydrogen-bond donors (Lipinski definition) is 1. The van der Waals surface area contributed by atoms with Crippen LogP contribution in [0, 0.1) is 0 Å². The lowest BCUT2D eigenvalue weighted by Gasteiger charge is -2.20. The molecule has 0 radical (unpaired) electrons. The van der Waals surface area contributed by atoms with E-state index in [0.29, 0.717) is 53.0 Å². The van der Waals surface area contributed by atoms with Gasteiger partial charge in [0.25, 0.3) is 15.9 Å². The Balaban J connectivity index is 1.36. The van der Waals surface area contributed by atoms with Gasteiger partial charge >= 0.3 is 0 Å². The molecule has 0 amide bonds. The maximum atomic E-state index is 12.7. The molecule has 2 aliphatic rings. The number of nitrogens with one attached hydrogen (secondary N) is 1. The zero-order valence-corrected chi connectivity index (χ0v) is 16.4. The van der Waals surface area contributed by atoms with Gasteiger partial charge in [-0.15, -0.1) is 21.5 Å². The molecule has 1 aromatic carbocycles. The molecule has 5 rings (SSSR count). The molecule has 3 aromatic rings. The Bertz CT molecular complexity index is 1120. The smallest absolute Gasteiger partial charge is 0.271 e. The lowest BCUT2D eigenvalue weighted by Crippen LogP contribution is -2.16. The van der Waals surface area contributed by atoms with Gasteiger partial charge in [0.15, 0.2) is 11.5 Å². The van der Waals surface area contributed by atoms with Crippen LogP contribution in [0.15, 0.2) is 39.0 Å². The molecule has 8 nitrogen and oxygen atoms in total. The van der Waals surface area contributed by atoms with Crippen LogP contribution < -0.4 is 14.2 Å². The summed E-state index contributed by atoms with van der Waals surface area (Å²) in [6, 6.07) is 8.16. The molecule has 0 unspecified atom stereocenters. The second-order valence-electron chi connectivity index (χ2n) is 6.66. The van der Waals surface area contributed by atoms with Gasteiger partial charge < -0.3 is 13.9 Å². The number of rotatable bonds is 5. The number of fused-ring (bicyclic) bond motifs is 1. The van der Waals surface area contributed by atoms with E-state index in [-0.39, 0.29) is 4.21 Å². The quantitative estimate of drug-likeness (QED) is 0.673. The maximum absolute atomic E-state index is 12.7. The predicted molar refractivity (Wildman–Crippen MR) is 102 cm³/mol. The van der Waals surface area contributed by atoms with E-state index in [1.807, 2.05) is 0 Å². The summed E-state index contributed by atoms with van der Waals surface area (Å²) in [5.74, 6) is 2.45. The first-order valence-corrected chi connectivity index (χ1v) is 11.2. The van der Waals surface area contributed by atoms with Gasteiger partial charge in [-0.25, -0.2) is 8.42 Å². The standard InChI is InChI=1S/C18H17N3O5S2/c22-28(23,21-12-4-5-13-14(10-12)25-9-8-24-13)16-7-6-15(27-16)18-20-19-17(26-18)11-2-1-3-11/h4-7,10-11,21H,1-3,8-9H2.